The highest BCUT2D eigenvalue weighted by Crippen LogP contribution is 2.32. The van der Waals surface area contributed by atoms with Crippen molar-refractivity contribution in [1.82, 2.24) is 0 Å². The molecular weight excluding hydrogens is 180 g/mol. The van der Waals surface area contributed by atoms with Gasteiger partial charge >= 0.3 is 0 Å². The van der Waals surface area contributed by atoms with Crippen LogP contribution in [0.5, 0.6) is 0 Å². The molecule has 15 heavy (non-hydrogen) atoms. The van der Waals surface area contributed by atoms with Crippen molar-refractivity contribution in [2.75, 3.05) is 0 Å². The van der Waals surface area contributed by atoms with Crippen molar-refractivity contribution in [3.8, 4) is 0 Å². The Morgan fingerprint density at radius 1 is 0.800 bits per heavy atom. The molecule has 0 radical (unpaired) electrons. The molecule has 0 heteroatoms. The quantitative estimate of drug-likeness (QED) is 0.666. The molecule has 0 unspecified atom stereocenters. The van der Waals surface area contributed by atoms with Gasteiger partial charge in [0.2, 0.25) is 0 Å². The molecule has 82 valence electrons. The minimum Gasteiger partial charge on any atom is -0.0587 e. The fourth-order valence-electron chi connectivity index (χ4n) is 2.66. The zero-order valence-corrected chi connectivity index (χ0v) is 10.4. The SMILES string of the molecule is CC(C)c1cc2c(cc1C(C)C)CCC2. The van der Waals surface area contributed by atoms with E-state index in [0.717, 1.165) is 0 Å². The summed E-state index contributed by atoms with van der Waals surface area (Å²) in [6, 6.07) is 4.95. The fraction of sp³-hybridized carbons (Fsp3) is 0.600. The topological polar surface area (TPSA) is 0 Å². The third kappa shape index (κ3) is 1.95. The van der Waals surface area contributed by atoms with Gasteiger partial charge in [0.25, 0.3) is 0 Å². The molecule has 0 aromatic heterocycles. The second-order valence-corrected chi connectivity index (χ2v) is 5.41. The third-order valence-corrected chi connectivity index (χ3v) is 3.54. The van der Waals surface area contributed by atoms with Crippen LogP contribution in [0.3, 0.4) is 0 Å². The minimum absolute atomic E-state index is 0.660. The molecule has 0 saturated carbocycles. The molecule has 2 rings (SSSR count). The van der Waals surface area contributed by atoms with Gasteiger partial charge in [-0.1, -0.05) is 39.8 Å². The molecular formula is C15H22. The van der Waals surface area contributed by atoms with Crippen LogP contribution in [0.2, 0.25) is 0 Å². The van der Waals surface area contributed by atoms with Crippen LogP contribution in [0.4, 0.5) is 0 Å². The second kappa shape index (κ2) is 4.00. The number of rotatable bonds is 2. The van der Waals surface area contributed by atoms with Crippen molar-refractivity contribution in [1.29, 1.82) is 0 Å². The average Bonchev–Trinajstić information content (AvgIpc) is 2.61. The number of benzene rings is 1. The summed E-state index contributed by atoms with van der Waals surface area (Å²) in [5.74, 6) is 1.32. The summed E-state index contributed by atoms with van der Waals surface area (Å²) in [6.45, 7) is 9.23. The maximum atomic E-state index is 2.47. The normalized spacial score (nSPS) is 15.1. The van der Waals surface area contributed by atoms with E-state index in [9.17, 15) is 0 Å². The molecule has 0 atom stereocenters. The van der Waals surface area contributed by atoms with Crippen molar-refractivity contribution in [3.05, 3.63) is 34.4 Å². The summed E-state index contributed by atoms with van der Waals surface area (Å²) in [5, 5.41) is 0. The molecule has 0 amide bonds. The Morgan fingerprint density at radius 3 is 1.53 bits per heavy atom. The lowest BCUT2D eigenvalue weighted by molar-refractivity contribution is 0.787. The molecule has 0 fully saturated rings. The highest BCUT2D eigenvalue weighted by Gasteiger charge is 2.17. The lowest BCUT2D eigenvalue weighted by atomic mass is 9.87. The van der Waals surface area contributed by atoms with Crippen LogP contribution in [-0.4, -0.2) is 0 Å². The number of hydrogen-bond acceptors (Lipinski definition) is 0. The van der Waals surface area contributed by atoms with Gasteiger partial charge in [-0.2, -0.15) is 0 Å². The fourth-order valence-corrected chi connectivity index (χ4v) is 2.66. The van der Waals surface area contributed by atoms with Gasteiger partial charge in [-0.15, -0.1) is 0 Å². The van der Waals surface area contributed by atoms with E-state index >= 15 is 0 Å². The summed E-state index contributed by atoms with van der Waals surface area (Å²) in [6.07, 6.45) is 3.95. The molecule has 0 bridgehead atoms. The standard InChI is InChI=1S/C15H22/c1-10(2)14-8-12-6-5-7-13(12)9-15(14)11(3)4/h8-11H,5-7H2,1-4H3. The summed E-state index contributed by atoms with van der Waals surface area (Å²) in [5.41, 5.74) is 6.38. The van der Waals surface area contributed by atoms with Gasteiger partial charge in [0.15, 0.2) is 0 Å². The van der Waals surface area contributed by atoms with Crippen molar-refractivity contribution < 1.29 is 0 Å². The first-order valence-electron chi connectivity index (χ1n) is 6.25. The Labute approximate surface area is 93.7 Å². The molecule has 1 aliphatic rings. The van der Waals surface area contributed by atoms with Crippen molar-refractivity contribution in [2.24, 2.45) is 0 Å². The van der Waals surface area contributed by atoms with E-state index < -0.39 is 0 Å². The Balaban J connectivity index is 2.52. The monoisotopic (exact) mass is 202 g/mol. The number of fused-ring (bicyclic) bond motifs is 1. The maximum Gasteiger partial charge on any atom is -0.0216 e. The van der Waals surface area contributed by atoms with Crippen LogP contribution in [0.1, 0.15) is 68.2 Å². The Morgan fingerprint density at radius 2 is 1.20 bits per heavy atom. The molecule has 0 N–H and O–H groups in total. The Kier molecular flexibility index (Phi) is 2.86. The molecule has 1 aliphatic carbocycles. The van der Waals surface area contributed by atoms with Gasteiger partial charge < -0.3 is 0 Å². The zero-order chi connectivity index (χ0) is 11.0. The van der Waals surface area contributed by atoms with E-state index in [-0.39, 0.29) is 0 Å². The molecule has 0 aliphatic heterocycles. The van der Waals surface area contributed by atoms with Crippen molar-refractivity contribution in [2.45, 2.75) is 58.8 Å². The zero-order valence-electron chi connectivity index (χ0n) is 10.4. The highest BCUT2D eigenvalue weighted by atomic mass is 14.2. The lowest BCUT2D eigenvalue weighted by Crippen LogP contribution is -2.01. The summed E-state index contributed by atoms with van der Waals surface area (Å²) in [7, 11) is 0. The van der Waals surface area contributed by atoms with E-state index in [1.807, 2.05) is 0 Å². The smallest absolute Gasteiger partial charge is 0.0216 e. The van der Waals surface area contributed by atoms with Gasteiger partial charge in [0, 0.05) is 0 Å². The molecule has 0 heterocycles. The van der Waals surface area contributed by atoms with E-state index in [4.69, 9.17) is 0 Å². The van der Waals surface area contributed by atoms with Crippen LogP contribution in [0, 0.1) is 0 Å². The van der Waals surface area contributed by atoms with Crippen LogP contribution in [0.15, 0.2) is 12.1 Å². The van der Waals surface area contributed by atoms with Gasteiger partial charge in [0.1, 0.15) is 0 Å². The van der Waals surface area contributed by atoms with Crippen molar-refractivity contribution >= 4 is 0 Å². The molecule has 1 aromatic carbocycles. The number of aryl methyl sites for hydroxylation is 2. The molecule has 0 saturated heterocycles. The van der Waals surface area contributed by atoms with E-state index in [1.165, 1.54) is 19.3 Å². The predicted molar refractivity (Wildman–Crippen MR) is 66.6 cm³/mol. The van der Waals surface area contributed by atoms with Crippen LogP contribution < -0.4 is 0 Å². The van der Waals surface area contributed by atoms with Crippen LogP contribution in [-0.2, 0) is 12.8 Å². The van der Waals surface area contributed by atoms with Gasteiger partial charge in [-0.05, 0) is 53.4 Å². The molecule has 1 aromatic rings. The van der Waals surface area contributed by atoms with Gasteiger partial charge in [-0.3, -0.25) is 0 Å². The second-order valence-electron chi connectivity index (χ2n) is 5.41. The average molecular weight is 202 g/mol. The number of hydrogen-bond donors (Lipinski definition) is 0. The van der Waals surface area contributed by atoms with Crippen LogP contribution >= 0.6 is 0 Å². The Bertz CT molecular complexity index is 324. The largest absolute Gasteiger partial charge is 0.0587 e. The first-order chi connectivity index (χ1) is 7.09. The van der Waals surface area contributed by atoms with E-state index in [0.29, 0.717) is 11.8 Å². The molecule has 0 nitrogen and oxygen atoms in total. The first kappa shape index (κ1) is 10.7. The summed E-state index contributed by atoms with van der Waals surface area (Å²) >= 11 is 0. The van der Waals surface area contributed by atoms with E-state index in [2.05, 4.69) is 39.8 Å². The van der Waals surface area contributed by atoms with Crippen molar-refractivity contribution in [3.63, 3.8) is 0 Å². The Hall–Kier alpha value is -0.780. The highest BCUT2D eigenvalue weighted by molar-refractivity contribution is 5.43. The maximum absolute atomic E-state index is 2.47. The summed E-state index contributed by atoms with van der Waals surface area (Å²) < 4.78 is 0. The first-order valence-corrected chi connectivity index (χ1v) is 6.25. The third-order valence-electron chi connectivity index (χ3n) is 3.54. The lowest BCUT2D eigenvalue weighted by Gasteiger charge is -2.18. The van der Waals surface area contributed by atoms with Crippen LogP contribution in [0.25, 0.3) is 0 Å². The van der Waals surface area contributed by atoms with Gasteiger partial charge in [0.05, 0.1) is 0 Å². The molecule has 0 spiro atoms. The van der Waals surface area contributed by atoms with Gasteiger partial charge in [-0.25, -0.2) is 0 Å². The summed E-state index contributed by atoms with van der Waals surface area (Å²) in [4.78, 5) is 0. The van der Waals surface area contributed by atoms with E-state index in [1.54, 1.807) is 22.3 Å². The predicted octanol–water partition coefficient (Wildman–Crippen LogP) is 4.42. The minimum atomic E-state index is 0.660.